The first-order valence-corrected chi connectivity index (χ1v) is 4.38. The molecule has 0 aliphatic rings. The Balaban J connectivity index is 3.15. The first-order valence-electron chi connectivity index (χ1n) is 4.00. The van der Waals surface area contributed by atoms with Crippen molar-refractivity contribution < 1.29 is 0 Å². The summed E-state index contributed by atoms with van der Waals surface area (Å²) in [6.07, 6.45) is 1.35. The summed E-state index contributed by atoms with van der Waals surface area (Å²) in [6, 6.07) is 0.256. The van der Waals surface area contributed by atoms with Gasteiger partial charge < -0.3 is 9.88 Å². The monoisotopic (exact) mass is 201 g/mol. The molecular weight excluding hydrogens is 190 g/mol. The Labute approximate surface area is 81.6 Å². The van der Waals surface area contributed by atoms with Gasteiger partial charge in [-0.3, -0.25) is 4.79 Å². The smallest absolute Gasteiger partial charge is 0.271 e. The normalized spacial score (nSPS) is 10.5. The third-order valence-electron chi connectivity index (χ3n) is 1.89. The third kappa shape index (κ3) is 2.01. The average Bonchev–Trinajstić information content (AvgIpc) is 2.08. The number of nitrogens with one attached hydrogen (secondary N) is 1. The molecule has 1 aromatic rings. The first kappa shape index (κ1) is 10.1. The highest BCUT2D eigenvalue weighted by Crippen LogP contribution is 2.18. The van der Waals surface area contributed by atoms with Gasteiger partial charge in [-0.25, -0.2) is 4.98 Å². The van der Waals surface area contributed by atoms with Gasteiger partial charge >= 0.3 is 0 Å². The summed E-state index contributed by atoms with van der Waals surface area (Å²) in [5, 5.41) is 0.138. The fourth-order valence-corrected chi connectivity index (χ4v) is 1.10. The van der Waals surface area contributed by atoms with Gasteiger partial charge in [-0.2, -0.15) is 0 Å². The maximum atomic E-state index is 11.1. The quantitative estimate of drug-likeness (QED) is 0.784. The molecular formula is C8H12ClN3O. The molecule has 0 aromatic carbocycles. The summed E-state index contributed by atoms with van der Waals surface area (Å²) in [5.74, 6) is 0.514. The Morgan fingerprint density at radius 3 is 2.77 bits per heavy atom. The summed E-state index contributed by atoms with van der Waals surface area (Å²) >= 11 is 5.78. The molecule has 4 nitrogen and oxygen atoms in total. The molecule has 1 rings (SSSR count). The van der Waals surface area contributed by atoms with Gasteiger partial charge in [-0.15, -0.1) is 0 Å². The van der Waals surface area contributed by atoms with Gasteiger partial charge in [0.05, 0.1) is 6.33 Å². The predicted octanol–water partition coefficient (Wildman–Crippen LogP) is 1.27. The van der Waals surface area contributed by atoms with E-state index in [1.54, 1.807) is 0 Å². The lowest BCUT2D eigenvalue weighted by Crippen LogP contribution is -2.28. The molecule has 0 radical (unpaired) electrons. The number of rotatable bonds is 2. The highest BCUT2D eigenvalue weighted by atomic mass is 35.5. The van der Waals surface area contributed by atoms with Crippen LogP contribution in [0, 0.1) is 0 Å². The zero-order valence-corrected chi connectivity index (χ0v) is 8.59. The summed E-state index contributed by atoms with van der Waals surface area (Å²) in [5.41, 5.74) is -0.306. The van der Waals surface area contributed by atoms with Crippen molar-refractivity contribution in [2.45, 2.75) is 19.9 Å². The average molecular weight is 202 g/mol. The fourth-order valence-electron chi connectivity index (χ4n) is 0.864. The van der Waals surface area contributed by atoms with Crippen molar-refractivity contribution in [2.75, 3.05) is 11.9 Å². The second-order valence-corrected chi connectivity index (χ2v) is 3.45. The van der Waals surface area contributed by atoms with Gasteiger partial charge in [0.1, 0.15) is 5.02 Å². The van der Waals surface area contributed by atoms with Crippen LogP contribution in [0.1, 0.15) is 13.8 Å². The van der Waals surface area contributed by atoms with Gasteiger partial charge in [0.15, 0.2) is 5.82 Å². The van der Waals surface area contributed by atoms with Crippen LogP contribution < -0.4 is 10.5 Å². The van der Waals surface area contributed by atoms with E-state index < -0.39 is 0 Å². The SMILES string of the molecule is CC(C)N(C)c1nc[nH]c(=O)c1Cl. The van der Waals surface area contributed by atoms with Crippen LogP contribution in [0.15, 0.2) is 11.1 Å². The van der Waals surface area contributed by atoms with E-state index in [9.17, 15) is 4.79 Å². The van der Waals surface area contributed by atoms with Crippen LogP contribution in [-0.4, -0.2) is 23.1 Å². The molecule has 0 aliphatic heterocycles. The second kappa shape index (κ2) is 3.79. The summed E-state index contributed by atoms with van der Waals surface area (Å²) < 4.78 is 0. The molecule has 5 heteroatoms. The van der Waals surface area contributed by atoms with Crippen LogP contribution in [0.2, 0.25) is 5.02 Å². The number of halogens is 1. The topological polar surface area (TPSA) is 49.0 Å². The number of H-pyrrole nitrogens is 1. The van der Waals surface area contributed by atoms with Crippen molar-refractivity contribution in [3.63, 3.8) is 0 Å². The Bertz CT molecular complexity index is 347. The number of aromatic amines is 1. The van der Waals surface area contributed by atoms with Crippen LogP contribution >= 0.6 is 11.6 Å². The summed E-state index contributed by atoms with van der Waals surface area (Å²) in [4.78, 5) is 19.4. The number of hydrogen-bond donors (Lipinski definition) is 1. The Hall–Kier alpha value is -1.03. The standard InChI is InChI=1S/C8H12ClN3O/c1-5(2)12(3)7-6(9)8(13)11-4-10-7/h4-5H,1-3H3,(H,10,11,13). The molecule has 1 N–H and O–H groups in total. The van der Waals surface area contributed by atoms with Crippen molar-refractivity contribution in [3.8, 4) is 0 Å². The molecule has 0 amide bonds. The van der Waals surface area contributed by atoms with Crippen LogP contribution in [0.5, 0.6) is 0 Å². The molecule has 0 fully saturated rings. The largest absolute Gasteiger partial charge is 0.356 e. The van der Waals surface area contributed by atoms with E-state index in [-0.39, 0.29) is 16.6 Å². The minimum atomic E-state index is -0.306. The van der Waals surface area contributed by atoms with E-state index in [1.165, 1.54) is 6.33 Å². The highest BCUT2D eigenvalue weighted by Gasteiger charge is 2.12. The molecule has 0 unspecified atom stereocenters. The van der Waals surface area contributed by atoms with E-state index >= 15 is 0 Å². The maximum absolute atomic E-state index is 11.1. The molecule has 13 heavy (non-hydrogen) atoms. The molecule has 0 aliphatic carbocycles. The van der Waals surface area contributed by atoms with Crippen molar-refractivity contribution >= 4 is 17.4 Å². The second-order valence-electron chi connectivity index (χ2n) is 3.07. The number of nitrogens with zero attached hydrogens (tertiary/aromatic N) is 2. The highest BCUT2D eigenvalue weighted by molar-refractivity contribution is 6.32. The number of aromatic nitrogens is 2. The zero-order chi connectivity index (χ0) is 10.0. The van der Waals surface area contributed by atoms with Gasteiger partial charge in [-0.05, 0) is 13.8 Å². The minimum absolute atomic E-state index is 0.138. The van der Waals surface area contributed by atoms with Gasteiger partial charge in [0.2, 0.25) is 0 Å². The maximum Gasteiger partial charge on any atom is 0.271 e. The van der Waals surface area contributed by atoms with Gasteiger partial charge in [-0.1, -0.05) is 11.6 Å². The predicted molar refractivity (Wildman–Crippen MR) is 53.4 cm³/mol. The van der Waals surface area contributed by atoms with Crippen LogP contribution in [0.4, 0.5) is 5.82 Å². The first-order chi connectivity index (χ1) is 6.04. The molecule has 0 saturated carbocycles. The van der Waals surface area contributed by atoms with E-state index in [0.29, 0.717) is 5.82 Å². The van der Waals surface area contributed by atoms with Crippen LogP contribution in [0.3, 0.4) is 0 Å². The van der Waals surface area contributed by atoms with Crippen molar-refractivity contribution in [1.82, 2.24) is 9.97 Å². The lowest BCUT2D eigenvalue weighted by atomic mass is 10.3. The Morgan fingerprint density at radius 2 is 2.23 bits per heavy atom. The molecule has 0 atom stereocenters. The van der Waals surface area contributed by atoms with Crippen LogP contribution in [0.25, 0.3) is 0 Å². The van der Waals surface area contributed by atoms with Gasteiger partial charge in [0, 0.05) is 13.1 Å². The number of anilines is 1. The molecule has 0 spiro atoms. The fraction of sp³-hybridized carbons (Fsp3) is 0.500. The van der Waals surface area contributed by atoms with Gasteiger partial charge in [0.25, 0.3) is 5.56 Å². The lowest BCUT2D eigenvalue weighted by Gasteiger charge is -2.22. The van der Waals surface area contributed by atoms with Crippen molar-refractivity contribution in [3.05, 3.63) is 21.7 Å². The minimum Gasteiger partial charge on any atom is -0.356 e. The van der Waals surface area contributed by atoms with E-state index in [0.717, 1.165) is 0 Å². The lowest BCUT2D eigenvalue weighted by molar-refractivity contribution is 0.740. The Morgan fingerprint density at radius 1 is 1.62 bits per heavy atom. The van der Waals surface area contributed by atoms with E-state index in [1.807, 2.05) is 25.8 Å². The summed E-state index contributed by atoms with van der Waals surface area (Å²) in [7, 11) is 1.85. The number of hydrogen-bond acceptors (Lipinski definition) is 3. The molecule has 1 aromatic heterocycles. The zero-order valence-electron chi connectivity index (χ0n) is 7.84. The Kier molecular flexibility index (Phi) is 2.93. The molecule has 72 valence electrons. The van der Waals surface area contributed by atoms with E-state index in [2.05, 4.69) is 9.97 Å². The third-order valence-corrected chi connectivity index (χ3v) is 2.23. The molecule has 0 saturated heterocycles. The molecule has 0 bridgehead atoms. The summed E-state index contributed by atoms with van der Waals surface area (Å²) in [6.45, 7) is 4.00. The van der Waals surface area contributed by atoms with E-state index in [4.69, 9.17) is 11.6 Å². The molecule has 1 heterocycles. The van der Waals surface area contributed by atoms with Crippen molar-refractivity contribution in [2.24, 2.45) is 0 Å². The van der Waals surface area contributed by atoms with Crippen LogP contribution in [-0.2, 0) is 0 Å². The van der Waals surface area contributed by atoms with Crippen molar-refractivity contribution in [1.29, 1.82) is 0 Å².